The van der Waals surface area contributed by atoms with Crippen molar-refractivity contribution in [2.75, 3.05) is 19.8 Å². The molecule has 0 aromatic carbocycles. The zero-order valence-electron chi connectivity index (χ0n) is 11.3. The van der Waals surface area contributed by atoms with Crippen molar-refractivity contribution in [3.8, 4) is 0 Å². The quantitative estimate of drug-likeness (QED) is 0.799. The molecule has 2 N–H and O–H groups in total. The summed E-state index contributed by atoms with van der Waals surface area (Å²) in [5.41, 5.74) is 0. The summed E-state index contributed by atoms with van der Waals surface area (Å²) >= 11 is 3.16. The first kappa shape index (κ1) is 16.0. The highest BCUT2D eigenvalue weighted by molar-refractivity contribution is 9.10. The summed E-state index contributed by atoms with van der Waals surface area (Å²) in [7, 11) is -3.59. The van der Waals surface area contributed by atoms with Crippen molar-refractivity contribution in [1.82, 2.24) is 10.0 Å². The third-order valence-electron chi connectivity index (χ3n) is 3.03. The number of hydrogen-bond acceptors (Lipinski definition) is 5. The second-order valence-corrected chi connectivity index (χ2v) is 7.07. The maximum absolute atomic E-state index is 12.3. The standard InChI is InChI=1S/C12H19BrN2O4S/c1-2-14-7-10-6-11(12(13)19-10)20(16,17)15-9-4-3-5-18-8-9/h6,9,14-15H,2-5,7-8H2,1H3. The molecule has 0 aliphatic carbocycles. The molecule has 1 fully saturated rings. The van der Waals surface area contributed by atoms with Crippen molar-refractivity contribution in [2.45, 2.75) is 37.2 Å². The molecule has 0 spiro atoms. The summed E-state index contributed by atoms with van der Waals surface area (Å²) in [5.74, 6) is 0.582. The first-order valence-corrected chi connectivity index (χ1v) is 8.89. The van der Waals surface area contributed by atoms with Gasteiger partial charge in [0.2, 0.25) is 10.0 Å². The lowest BCUT2D eigenvalue weighted by molar-refractivity contribution is 0.0774. The normalized spacial score (nSPS) is 20.2. The molecule has 0 bridgehead atoms. The largest absolute Gasteiger partial charge is 0.452 e. The van der Waals surface area contributed by atoms with Crippen molar-refractivity contribution >= 4 is 26.0 Å². The predicted octanol–water partition coefficient (Wildman–Crippen LogP) is 1.61. The number of halogens is 1. The summed E-state index contributed by atoms with van der Waals surface area (Å²) < 4.78 is 38.2. The Bertz CT molecular complexity index is 538. The van der Waals surface area contributed by atoms with E-state index in [1.165, 1.54) is 0 Å². The van der Waals surface area contributed by atoms with Crippen LogP contribution in [0.2, 0.25) is 0 Å². The van der Waals surface area contributed by atoms with Crippen molar-refractivity contribution in [3.63, 3.8) is 0 Å². The van der Waals surface area contributed by atoms with Crippen LogP contribution in [0.4, 0.5) is 0 Å². The number of sulfonamides is 1. The number of nitrogens with one attached hydrogen (secondary N) is 2. The van der Waals surface area contributed by atoms with E-state index in [9.17, 15) is 8.42 Å². The second-order valence-electron chi connectivity index (χ2n) is 4.67. The van der Waals surface area contributed by atoms with Crippen molar-refractivity contribution in [2.24, 2.45) is 0 Å². The molecule has 1 saturated heterocycles. The van der Waals surface area contributed by atoms with Crippen LogP contribution in [0.3, 0.4) is 0 Å². The maximum atomic E-state index is 12.3. The molecule has 1 aromatic heterocycles. The molecule has 0 saturated carbocycles. The Morgan fingerprint density at radius 2 is 2.30 bits per heavy atom. The van der Waals surface area contributed by atoms with E-state index < -0.39 is 10.0 Å². The first-order valence-electron chi connectivity index (χ1n) is 6.62. The molecule has 20 heavy (non-hydrogen) atoms. The average molecular weight is 367 g/mol. The number of furan rings is 1. The van der Waals surface area contributed by atoms with Gasteiger partial charge in [-0.05, 0) is 35.3 Å². The minimum absolute atomic E-state index is 0.135. The fourth-order valence-electron chi connectivity index (χ4n) is 2.03. The second kappa shape index (κ2) is 7.04. The van der Waals surface area contributed by atoms with Crippen LogP contribution in [0.1, 0.15) is 25.5 Å². The minimum atomic E-state index is -3.59. The van der Waals surface area contributed by atoms with Crippen LogP contribution in [-0.2, 0) is 21.3 Å². The lowest BCUT2D eigenvalue weighted by Crippen LogP contribution is -2.40. The number of rotatable bonds is 6. The van der Waals surface area contributed by atoms with Gasteiger partial charge in [0.05, 0.1) is 13.2 Å². The van der Waals surface area contributed by atoms with Crippen LogP contribution in [0, 0.1) is 0 Å². The fourth-order valence-corrected chi connectivity index (χ4v) is 4.29. The Labute approximate surface area is 127 Å². The van der Waals surface area contributed by atoms with Gasteiger partial charge in [-0.15, -0.1) is 0 Å². The van der Waals surface area contributed by atoms with Gasteiger partial charge in [0.25, 0.3) is 0 Å². The topological polar surface area (TPSA) is 80.6 Å². The summed E-state index contributed by atoms with van der Waals surface area (Å²) in [5, 5.41) is 3.09. The molecule has 1 aromatic rings. The molecule has 6 nitrogen and oxygen atoms in total. The van der Waals surface area contributed by atoms with E-state index in [1.807, 2.05) is 6.92 Å². The lowest BCUT2D eigenvalue weighted by atomic mass is 10.1. The summed E-state index contributed by atoms with van der Waals surface area (Å²) in [4.78, 5) is 0.135. The predicted molar refractivity (Wildman–Crippen MR) is 78.0 cm³/mol. The Balaban J connectivity index is 2.09. The Kier molecular flexibility index (Phi) is 5.62. The highest BCUT2D eigenvalue weighted by atomic mass is 79.9. The zero-order chi connectivity index (χ0) is 14.6. The highest BCUT2D eigenvalue weighted by Crippen LogP contribution is 2.26. The third-order valence-corrected chi connectivity index (χ3v) is 5.40. The van der Waals surface area contributed by atoms with Gasteiger partial charge < -0.3 is 14.5 Å². The molecule has 0 amide bonds. The molecule has 8 heteroatoms. The molecule has 0 radical (unpaired) electrons. The van der Waals surface area contributed by atoms with E-state index in [0.717, 1.165) is 19.4 Å². The first-order chi connectivity index (χ1) is 9.53. The van der Waals surface area contributed by atoms with Crippen LogP contribution in [0.25, 0.3) is 0 Å². The van der Waals surface area contributed by atoms with Gasteiger partial charge in [-0.25, -0.2) is 13.1 Å². The molecular weight excluding hydrogens is 348 g/mol. The van der Waals surface area contributed by atoms with Gasteiger partial charge in [0.15, 0.2) is 4.67 Å². The average Bonchev–Trinajstić information content (AvgIpc) is 2.79. The van der Waals surface area contributed by atoms with Gasteiger partial charge in [0, 0.05) is 18.7 Å². The SMILES string of the molecule is CCNCc1cc(S(=O)(=O)NC2CCCOC2)c(Br)o1. The van der Waals surface area contributed by atoms with Crippen LogP contribution >= 0.6 is 15.9 Å². The van der Waals surface area contributed by atoms with Gasteiger partial charge >= 0.3 is 0 Å². The van der Waals surface area contributed by atoms with Crippen LogP contribution in [-0.4, -0.2) is 34.2 Å². The zero-order valence-corrected chi connectivity index (χ0v) is 13.7. The number of ether oxygens (including phenoxy) is 1. The maximum Gasteiger partial charge on any atom is 0.245 e. The van der Waals surface area contributed by atoms with Gasteiger partial charge in [-0.2, -0.15) is 0 Å². The Hall–Kier alpha value is -0.410. The Morgan fingerprint density at radius 1 is 1.50 bits per heavy atom. The van der Waals surface area contributed by atoms with Crippen LogP contribution < -0.4 is 10.0 Å². The minimum Gasteiger partial charge on any atom is -0.452 e. The van der Waals surface area contributed by atoms with Crippen molar-refractivity contribution in [3.05, 3.63) is 16.5 Å². The fraction of sp³-hybridized carbons (Fsp3) is 0.667. The van der Waals surface area contributed by atoms with E-state index in [1.54, 1.807) is 6.07 Å². The monoisotopic (exact) mass is 366 g/mol. The molecule has 1 aliphatic heterocycles. The van der Waals surface area contributed by atoms with Crippen LogP contribution in [0.15, 0.2) is 20.0 Å². The summed E-state index contributed by atoms with van der Waals surface area (Å²) in [6, 6.07) is 1.37. The molecule has 1 unspecified atom stereocenters. The van der Waals surface area contributed by atoms with E-state index in [-0.39, 0.29) is 15.6 Å². The number of hydrogen-bond donors (Lipinski definition) is 2. The molecule has 2 rings (SSSR count). The molecule has 1 atom stereocenters. The van der Waals surface area contributed by atoms with Gasteiger partial charge in [0.1, 0.15) is 10.7 Å². The lowest BCUT2D eigenvalue weighted by Gasteiger charge is -2.22. The summed E-state index contributed by atoms with van der Waals surface area (Å²) in [6.45, 7) is 4.37. The molecular formula is C12H19BrN2O4S. The van der Waals surface area contributed by atoms with E-state index in [4.69, 9.17) is 9.15 Å². The highest BCUT2D eigenvalue weighted by Gasteiger charge is 2.26. The molecule has 2 heterocycles. The molecule has 114 valence electrons. The van der Waals surface area contributed by atoms with E-state index in [2.05, 4.69) is 26.0 Å². The van der Waals surface area contributed by atoms with Gasteiger partial charge in [-0.1, -0.05) is 6.92 Å². The van der Waals surface area contributed by atoms with E-state index in [0.29, 0.717) is 25.5 Å². The smallest absolute Gasteiger partial charge is 0.245 e. The van der Waals surface area contributed by atoms with Gasteiger partial charge in [-0.3, -0.25) is 0 Å². The van der Waals surface area contributed by atoms with Crippen molar-refractivity contribution < 1.29 is 17.6 Å². The van der Waals surface area contributed by atoms with Crippen LogP contribution in [0.5, 0.6) is 0 Å². The summed E-state index contributed by atoms with van der Waals surface area (Å²) in [6.07, 6.45) is 1.66. The van der Waals surface area contributed by atoms with Crippen molar-refractivity contribution in [1.29, 1.82) is 0 Å². The molecule has 1 aliphatic rings. The third kappa shape index (κ3) is 4.05. The Morgan fingerprint density at radius 3 is 2.95 bits per heavy atom. The van der Waals surface area contributed by atoms with E-state index >= 15 is 0 Å².